The Morgan fingerprint density at radius 1 is 1.02 bits per heavy atom. The quantitative estimate of drug-likeness (QED) is 0.214. The molecule has 0 aliphatic carbocycles. The number of methoxy groups -OCH3 is 1. The van der Waals surface area contributed by atoms with E-state index in [1.165, 1.54) is 0 Å². The zero-order valence-corrected chi connectivity index (χ0v) is 29.4. The van der Waals surface area contributed by atoms with Crippen LogP contribution < -0.4 is 14.5 Å². The number of aromatic nitrogens is 3. The molecule has 10 heteroatoms. The van der Waals surface area contributed by atoms with Gasteiger partial charge in [0.15, 0.2) is 5.60 Å². The van der Waals surface area contributed by atoms with Crippen molar-refractivity contribution < 1.29 is 24.2 Å². The van der Waals surface area contributed by atoms with E-state index in [9.17, 15) is 9.90 Å². The monoisotopic (exact) mass is 677 g/mol. The van der Waals surface area contributed by atoms with Gasteiger partial charge in [-0.25, -0.2) is 0 Å². The number of rotatable bonds is 11. The van der Waals surface area contributed by atoms with Crippen molar-refractivity contribution in [2.45, 2.75) is 83.1 Å². The molecule has 3 aliphatic heterocycles. The molecule has 0 bridgehead atoms. The van der Waals surface area contributed by atoms with Crippen LogP contribution in [0, 0.1) is 11.8 Å². The zero-order chi connectivity index (χ0) is 35.0. The average Bonchev–Trinajstić information content (AvgIpc) is 3.78. The summed E-state index contributed by atoms with van der Waals surface area (Å²) in [5.74, 6) is 0.707. The number of aliphatic hydroxyl groups excluding tert-OH is 1. The topological polar surface area (TPSA) is 110 Å². The van der Waals surface area contributed by atoms with Crippen molar-refractivity contribution in [3.05, 3.63) is 101 Å². The number of carbonyl (C=O) groups excluding carboxylic acids is 2. The Kier molecular flexibility index (Phi) is 9.26. The third-order valence-electron chi connectivity index (χ3n) is 11.3. The van der Waals surface area contributed by atoms with Gasteiger partial charge in [-0.2, -0.15) is 0 Å². The fourth-order valence-corrected chi connectivity index (χ4v) is 8.67. The van der Waals surface area contributed by atoms with E-state index in [2.05, 4.69) is 43.2 Å². The molecule has 2 amide bonds. The molecule has 1 N–H and O–H groups in total. The van der Waals surface area contributed by atoms with Crippen molar-refractivity contribution in [1.29, 1.82) is 0 Å². The Hall–Kier alpha value is -4.54. The van der Waals surface area contributed by atoms with Crippen molar-refractivity contribution in [3.8, 4) is 5.75 Å². The lowest BCUT2D eigenvalue weighted by molar-refractivity contribution is -0.146. The fraction of sp³-hybridized carbons (Fsp3) is 0.450. The van der Waals surface area contributed by atoms with Gasteiger partial charge in [-0.3, -0.25) is 14.3 Å². The van der Waals surface area contributed by atoms with Crippen molar-refractivity contribution in [2.75, 3.05) is 30.1 Å². The molecule has 3 aliphatic rings. The number of nitrogens with zero attached hydrogens (tertiary/aromatic N) is 5. The van der Waals surface area contributed by atoms with E-state index in [4.69, 9.17) is 9.47 Å². The van der Waals surface area contributed by atoms with Crippen LogP contribution in [0.25, 0.3) is 0 Å². The van der Waals surface area contributed by atoms with E-state index in [1.807, 2.05) is 76.7 Å². The lowest BCUT2D eigenvalue weighted by atomic mass is 9.63. The molecule has 1 aromatic heterocycles. The molecule has 3 aromatic carbocycles. The molecule has 4 atom stereocenters. The SMILES string of the molecule is COc1ccc(C(C)(C)[C@H]2[C@H](CCn3cc(CCO)nn3)O[C@@]3(C(=O)N(Cc4ccc(N5CCCCC5=O)cc4)c4ccccc43)[C@@H]2C)cc1. The molecule has 4 heterocycles. The number of benzene rings is 3. The molecule has 1 spiro atoms. The summed E-state index contributed by atoms with van der Waals surface area (Å²) in [5.41, 5.74) is 4.01. The minimum atomic E-state index is -1.17. The van der Waals surface area contributed by atoms with Gasteiger partial charge in [0.2, 0.25) is 5.91 Å². The maximum atomic E-state index is 15.0. The third-order valence-corrected chi connectivity index (χ3v) is 11.3. The van der Waals surface area contributed by atoms with Gasteiger partial charge in [0.25, 0.3) is 5.91 Å². The van der Waals surface area contributed by atoms with Gasteiger partial charge in [0, 0.05) is 61.8 Å². The molecule has 0 radical (unpaired) electrons. The van der Waals surface area contributed by atoms with Gasteiger partial charge < -0.3 is 24.4 Å². The third kappa shape index (κ3) is 5.88. The number of ether oxygens (including phenoxy) is 2. The van der Waals surface area contributed by atoms with E-state index in [-0.39, 0.29) is 41.8 Å². The van der Waals surface area contributed by atoms with Crippen molar-refractivity contribution in [1.82, 2.24) is 15.0 Å². The molecule has 2 fully saturated rings. The van der Waals surface area contributed by atoms with E-state index in [0.29, 0.717) is 32.4 Å². The van der Waals surface area contributed by atoms with Crippen LogP contribution in [-0.4, -0.2) is 58.3 Å². The minimum Gasteiger partial charge on any atom is -0.497 e. The molecule has 4 aromatic rings. The first-order valence-corrected chi connectivity index (χ1v) is 17.8. The van der Waals surface area contributed by atoms with Crippen LogP contribution in [0.1, 0.15) is 68.8 Å². The number of carbonyl (C=O) groups is 2. The molecular formula is C40H47N5O5. The maximum absolute atomic E-state index is 15.0. The predicted octanol–water partition coefficient (Wildman–Crippen LogP) is 5.80. The zero-order valence-electron chi connectivity index (χ0n) is 29.4. The van der Waals surface area contributed by atoms with Gasteiger partial charge in [-0.15, -0.1) is 5.10 Å². The van der Waals surface area contributed by atoms with E-state index >= 15 is 4.79 Å². The summed E-state index contributed by atoms with van der Waals surface area (Å²) in [6, 6.07) is 24.3. The highest BCUT2D eigenvalue weighted by molar-refractivity contribution is 6.07. The Morgan fingerprint density at radius 2 is 1.78 bits per heavy atom. The number of piperidine rings is 1. The van der Waals surface area contributed by atoms with Gasteiger partial charge in [-0.05, 0) is 66.1 Å². The highest BCUT2D eigenvalue weighted by Crippen LogP contribution is 2.60. The smallest absolute Gasteiger partial charge is 0.264 e. The molecule has 50 heavy (non-hydrogen) atoms. The Labute approximate surface area is 294 Å². The van der Waals surface area contributed by atoms with Gasteiger partial charge in [-0.1, -0.05) is 68.4 Å². The first-order valence-electron chi connectivity index (χ1n) is 17.8. The molecule has 0 saturated carbocycles. The fourth-order valence-electron chi connectivity index (χ4n) is 8.67. The highest BCUT2D eigenvalue weighted by Gasteiger charge is 2.65. The van der Waals surface area contributed by atoms with Crippen LogP contribution in [0.3, 0.4) is 0 Å². The summed E-state index contributed by atoms with van der Waals surface area (Å²) >= 11 is 0. The van der Waals surface area contributed by atoms with Gasteiger partial charge in [0.1, 0.15) is 5.75 Å². The van der Waals surface area contributed by atoms with Crippen molar-refractivity contribution in [2.24, 2.45) is 11.8 Å². The Bertz CT molecular complexity index is 1840. The molecule has 10 nitrogen and oxygen atoms in total. The second-order valence-corrected chi connectivity index (χ2v) is 14.5. The summed E-state index contributed by atoms with van der Waals surface area (Å²) in [5, 5.41) is 17.9. The lowest BCUT2D eigenvalue weighted by Gasteiger charge is -2.38. The second kappa shape index (κ2) is 13.6. The standard InChI is InChI=1S/C40H47N5O5/c1-27-37(39(2,3)29-14-18-32(49-4)19-15-29)35(20-23-43-26-30(21-24-46)41-42-43)50-40(27)33-9-5-6-10-34(33)45(38(40)48)25-28-12-16-31(17-13-28)44-22-8-7-11-36(44)47/h5-6,9-10,12-19,26-27,35,37,46H,7-8,11,20-25H2,1-4H3/t27-,35+,37-,40+/m1/s1. The normalized spacial score (nSPS) is 23.6. The number of amides is 2. The van der Waals surface area contributed by atoms with Crippen LogP contribution in [0.2, 0.25) is 0 Å². The highest BCUT2D eigenvalue weighted by atomic mass is 16.5. The van der Waals surface area contributed by atoms with Crippen molar-refractivity contribution >= 4 is 23.2 Å². The van der Waals surface area contributed by atoms with E-state index in [0.717, 1.165) is 58.9 Å². The minimum absolute atomic E-state index is 0.0167. The lowest BCUT2D eigenvalue weighted by Crippen LogP contribution is -2.45. The molecule has 262 valence electrons. The number of anilines is 2. The second-order valence-electron chi connectivity index (χ2n) is 14.5. The molecule has 7 rings (SSSR count). The Morgan fingerprint density at radius 3 is 2.50 bits per heavy atom. The number of para-hydroxylation sites is 1. The van der Waals surface area contributed by atoms with E-state index < -0.39 is 5.60 Å². The van der Waals surface area contributed by atoms with Crippen LogP contribution in [0.4, 0.5) is 11.4 Å². The maximum Gasteiger partial charge on any atom is 0.264 e. The number of hydrogen-bond donors (Lipinski definition) is 1. The van der Waals surface area contributed by atoms with Crippen LogP contribution >= 0.6 is 0 Å². The molecular weight excluding hydrogens is 630 g/mol. The van der Waals surface area contributed by atoms with Crippen LogP contribution in [0.15, 0.2) is 79.0 Å². The van der Waals surface area contributed by atoms with Gasteiger partial charge in [0.05, 0.1) is 31.1 Å². The van der Waals surface area contributed by atoms with E-state index in [1.54, 1.807) is 11.8 Å². The predicted molar refractivity (Wildman–Crippen MR) is 191 cm³/mol. The van der Waals surface area contributed by atoms with Crippen LogP contribution in [-0.2, 0) is 44.9 Å². The summed E-state index contributed by atoms with van der Waals surface area (Å²) in [7, 11) is 1.67. The van der Waals surface area contributed by atoms with Crippen molar-refractivity contribution in [3.63, 3.8) is 0 Å². The first-order chi connectivity index (χ1) is 24.2. The average molecular weight is 678 g/mol. The number of aryl methyl sites for hydroxylation is 1. The first kappa shape index (κ1) is 33.9. The summed E-state index contributed by atoms with van der Waals surface area (Å²) < 4.78 is 14.5. The van der Waals surface area contributed by atoms with Gasteiger partial charge >= 0.3 is 0 Å². The summed E-state index contributed by atoms with van der Waals surface area (Å²) in [6.07, 6.45) is 5.22. The summed E-state index contributed by atoms with van der Waals surface area (Å²) in [4.78, 5) is 31.3. The Balaban J connectivity index is 1.22. The van der Waals surface area contributed by atoms with Crippen LogP contribution in [0.5, 0.6) is 5.75 Å². The largest absolute Gasteiger partial charge is 0.497 e. The number of aliphatic hydroxyl groups is 1. The molecule has 2 saturated heterocycles. The number of fused-ring (bicyclic) bond motifs is 2. The molecule has 0 unspecified atom stereocenters. The summed E-state index contributed by atoms with van der Waals surface area (Å²) in [6.45, 7) is 8.38. The number of hydrogen-bond acceptors (Lipinski definition) is 7.